The number of benzene rings is 2. The molecule has 11 nitrogen and oxygen atoms in total. The SMILES string of the molecule is CC(=O)N1CCC2=C(C1)C(N1CCCc3cc(-c4cnn(C)c4)c(C(F)F)cc31)=N/[N+]2=C\C1CCC(N2CCC(Oc3ccc(C(=O)O)cc3)CC2)CC1. The maximum Gasteiger partial charge on any atom is 0.335 e. The summed E-state index contributed by atoms with van der Waals surface area (Å²) in [6, 6.07) is 10.7. The lowest BCUT2D eigenvalue weighted by Crippen LogP contribution is -2.45. The Balaban J connectivity index is 0.974. The number of hydrogen-bond acceptors (Lipinski definition) is 7. The second-order valence-electron chi connectivity index (χ2n) is 15.3. The fraction of sp³-hybridized carbons (Fsp3) is 0.488. The first-order chi connectivity index (χ1) is 26.1. The number of aryl methyl sites for hydroxylation is 2. The lowest BCUT2D eigenvalue weighted by atomic mass is 9.85. The number of ether oxygens (including phenoxy) is 1. The van der Waals surface area contributed by atoms with Gasteiger partial charge in [-0.15, -0.1) is 0 Å². The average molecular weight is 741 g/mol. The van der Waals surface area contributed by atoms with Crippen molar-refractivity contribution >= 4 is 29.6 Å². The van der Waals surface area contributed by atoms with Gasteiger partial charge in [0, 0.05) is 80.2 Å². The molecule has 5 heterocycles. The van der Waals surface area contributed by atoms with Gasteiger partial charge < -0.3 is 24.5 Å². The summed E-state index contributed by atoms with van der Waals surface area (Å²) in [4.78, 5) is 30.3. The maximum absolute atomic E-state index is 14.6. The molecule has 2 fully saturated rings. The third-order valence-electron chi connectivity index (χ3n) is 11.9. The summed E-state index contributed by atoms with van der Waals surface area (Å²) in [5, 5.41) is 18.6. The summed E-state index contributed by atoms with van der Waals surface area (Å²) in [7, 11) is 1.79. The first kappa shape index (κ1) is 36.1. The van der Waals surface area contributed by atoms with Gasteiger partial charge in [0.2, 0.25) is 17.4 Å². The quantitative estimate of drug-likeness (QED) is 0.276. The number of anilines is 1. The number of amides is 1. The predicted molar refractivity (Wildman–Crippen MR) is 201 cm³/mol. The van der Waals surface area contributed by atoms with Gasteiger partial charge in [0.05, 0.1) is 30.3 Å². The van der Waals surface area contributed by atoms with Gasteiger partial charge in [-0.2, -0.15) is 5.10 Å². The van der Waals surface area contributed by atoms with E-state index in [9.17, 15) is 18.4 Å². The molecule has 0 radical (unpaired) electrons. The number of hydrogen-bond donors (Lipinski definition) is 1. The highest BCUT2D eigenvalue weighted by molar-refractivity contribution is 6.12. The molecule has 13 heteroatoms. The number of aromatic carboxylic acids is 1. The molecule has 5 aliphatic rings. The lowest BCUT2D eigenvalue weighted by Gasteiger charge is -2.40. The van der Waals surface area contributed by atoms with Crippen LogP contribution in [0.2, 0.25) is 0 Å². The van der Waals surface area contributed by atoms with E-state index in [0.29, 0.717) is 54.9 Å². The molecule has 0 unspecified atom stereocenters. The van der Waals surface area contributed by atoms with E-state index in [1.165, 1.54) is 0 Å². The Morgan fingerprint density at radius 2 is 1.76 bits per heavy atom. The molecule has 1 saturated heterocycles. The van der Waals surface area contributed by atoms with E-state index in [0.717, 1.165) is 92.8 Å². The minimum Gasteiger partial charge on any atom is -0.490 e. The molecule has 1 aromatic heterocycles. The van der Waals surface area contributed by atoms with Crippen LogP contribution < -0.4 is 9.64 Å². The largest absolute Gasteiger partial charge is 0.490 e. The number of nitrogens with zero attached hydrogens (tertiary/aromatic N) is 7. The van der Waals surface area contributed by atoms with Gasteiger partial charge in [-0.05, 0) is 98.9 Å². The van der Waals surface area contributed by atoms with E-state index in [-0.39, 0.29) is 23.1 Å². The monoisotopic (exact) mass is 740 g/mol. The summed E-state index contributed by atoms with van der Waals surface area (Å²) in [5.41, 5.74) is 5.33. The first-order valence-corrected chi connectivity index (χ1v) is 19.3. The van der Waals surface area contributed by atoms with Crippen LogP contribution in [0.4, 0.5) is 14.5 Å². The fourth-order valence-corrected chi connectivity index (χ4v) is 8.94. The Labute approximate surface area is 314 Å². The highest BCUT2D eigenvalue weighted by Gasteiger charge is 2.42. The molecule has 3 aromatic rings. The molecule has 1 saturated carbocycles. The number of rotatable bonds is 7. The number of carboxylic acid groups (broad SMARTS) is 1. The highest BCUT2D eigenvalue weighted by Crippen LogP contribution is 2.41. The molecule has 1 N–H and O–H groups in total. The number of carbonyl (C=O) groups excluding carboxylic acids is 1. The summed E-state index contributed by atoms with van der Waals surface area (Å²) < 4.78 is 39.1. The van der Waals surface area contributed by atoms with E-state index in [1.54, 1.807) is 61.4 Å². The number of hydrazone groups is 1. The predicted octanol–water partition coefficient (Wildman–Crippen LogP) is 6.49. The standard InChI is InChI=1S/C41H47F2N7O4/c1-26(51)48-19-15-37-36(25-48)40(49-16-3-4-29-20-34(30-22-44-46(2)24-30)35(39(42)43)21-38(29)49)45-50(37)23-27-5-9-31(10-6-27)47-17-13-33(14-18-47)54-32-11-7-28(8-12-32)41(52)53/h7-8,11-12,20-24,27,31,33,39H,3-6,9-10,13-19,25H2,1-2H3/p+1/b50-23-. The highest BCUT2D eigenvalue weighted by atomic mass is 19.3. The van der Waals surface area contributed by atoms with Crippen molar-refractivity contribution in [2.45, 2.75) is 83.3 Å². The van der Waals surface area contributed by atoms with Crippen molar-refractivity contribution in [3.05, 3.63) is 76.8 Å². The van der Waals surface area contributed by atoms with Crippen LogP contribution in [0, 0.1) is 5.92 Å². The van der Waals surface area contributed by atoms with Gasteiger partial charge in [-0.1, -0.05) is 4.68 Å². The topological polar surface area (TPSA) is 107 Å². The van der Waals surface area contributed by atoms with Gasteiger partial charge in [0.15, 0.2) is 6.21 Å². The van der Waals surface area contributed by atoms with E-state index < -0.39 is 12.4 Å². The molecule has 54 heavy (non-hydrogen) atoms. The van der Waals surface area contributed by atoms with E-state index in [2.05, 4.69) is 25.8 Å². The number of carboxylic acids is 1. The van der Waals surface area contributed by atoms with Crippen LogP contribution in [-0.2, 0) is 18.3 Å². The van der Waals surface area contributed by atoms with Crippen molar-refractivity contribution in [2.75, 3.05) is 37.6 Å². The second-order valence-corrected chi connectivity index (χ2v) is 15.3. The van der Waals surface area contributed by atoms with Gasteiger partial charge in [0.1, 0.15) is 11.9 Å². The normalized spacial score (nSPS) is 23.1. The zero-order chi connectivity index (χ0) is 37.5. The zero-order valence-corrected chi connectivity index (χ0v) is 31.0. The van der Waals surface area contributed by atoms with Crippen LogP contribution in [-0.4, -0.2) is 98.2 Å². The summed E-state index contributed by atoms with van der Waals surface area (Å²) in [6.07, 6.45) is 11.7. The minimum atomic E-state index is -2.65. The van der Waals surface area contributed by atoms with Crippen LogP contribution in [0.1, 0.15) is 86.2 Å². The molecule has 0 bridgehead atoms. The molecule has 2 aromatic carbocycles. The summed E-state index contributed by atoms with van der Waals surface area (Å²) >= 11 is 0. The molecule has 0 atom stereocenters. The number of fused-ring (bicyclic) bond motifs is 1. The van der Waals surface area contributed by atoms with Crippen LogP contribution in [0.25, 0.3) is 11.1 Å². The first-order valence-electron chi connectivity index (χ1n) is 19.3. The van der Waals surface area contributed by atoms with Crippen molar-refractivity contribution in [3.63, 3.8) is 0 Å². The lowest BCUT2D eigenvalue weighted by molar-refractivity contribution is -0.479. The molecular formula is C41H48F2N7O4+. The van der Waals surface area contributed by atoms with Gasteiger partial charge in [-0.3, -0.25) is 9.48 Å². The van der Waals surface area contributed by atoms with Crippen molar-refractivity contribution in [1.29, 1.82) is 0 Å². The van der Waals surface area contributed by atoms with Crippen molar-refractivity contribution in [2.24, 2.45) is 18.1 Å². The summed E-state index contributed by atoms with van der Waals surface area (Å²) in [6.45, 7) is 5.30. The van der Waals surface area contributed by atoms with Crippen molar-refractivity contribution in [3.8, 4) is 16.9 Å². The van der Waals surface area contributed by atoms with Crippen molar-refractivity contribution in [1.82, 2.24) is 19.6 Å². The van der Waals surface area contributed by atoms with Crippen LogP contribution >= 0.6 is 0 Å². The number of alkyl halides is 2. The second kappa shape index (κ2) is 15.1. The Morgan fingerprint density at radius 1 is 1.00 bits per heavy atom. The molecular weight excluding hydrogens is 692 g/mol. The molecule has 284 valence electrons. The Morgan fingerprint density at radius 3 is 2.43 bits per heavy atom. The zero-order valence-electron chi connectivity index (χ0n) is 31.0. The molecule has 1 aliphatic carbocycles. The van der Waals surface area contributed by atoms with E-state index in [1.807, 2.05) is 11.0 Å². The molecule has 0 spiro atoms. The van der Waals surface area contributed by atoms with Crippen LogP contribution in [0.15, 0.2) is 65.2 Å². The van der Waals surface area contributed by atoms with Gasteiger partial charge in [0.25, 0.3) is 6.43 Å². The number of halogens is 2. The van der Waals surface area contributed by atoms with E-state index >= 15 is 0 Å². The third-order valence-corrected chi connectivity index (χ3v) is 11.9. The smallest absolute Gasteiger partial charge is 0.335 e. The molecule has 4 aliphatic heterocycles. The van der Waals surface area contributed by atoms with Gasteiger partial charge in [-0.25, -0.2) is 13.6 Å². The Kier molecular flexibility index (Phi) is 10.1. The molecule has 8 rings (SSSR count). The number of carbonyl (C=O) groups is 2. The van der Waals surface area contributed by atoms with Crippen LogP contribution in [0.3, 0.4) is 0 Å². The number of piperidine rings is 1. The maximum atomic E-state index is 14.6. The van der Waals surface area contributed by atoms with Gasteiger partial charge >= 0.3 is 5.97 Å². The molecule has 1 amide bonds. The Bertz CT molecular complexity index is 2010. The van der Waals surface area contributed by atoms with Crippen LogP contribution in [0.5, 0.6) is 5.75 Å². The average Bonchev–Trinajstić information content (AvgIpc) is 3.77. The van der Waals surface area contributed by atoms with E-state index in [4.69, 9.17) is 14.9 Å². The fourth-order valence-electron chi connectivity index (χ4n) is 8.94. The summed E-state index contributed by atoms with van der Waals surface area (Å²) in [5.74, 6) is 0.917. The Hall–Kier alpha value is -4.91. The third kappa shape index (κ3) is 7.30. The number of aromatic nitrogens is 2. The number of amidine groups is 1. The number of likely N-dealkylation sites (tertiary alicyclic amines) is 1. The van der Waals surface area contributed by atoms with Crippen molar-refractivity contribution < 1.29 is 32.9 Å². The minimum absolute atomic E-state index is 0.0142.